The molecule has 0 heterocycles. The first kappa shape index (κ1) is 18.2. The van der Waals surface area contributed by atoms with Gasteiger partial charge in [-0.2, -0.15) is 0 Å². The lowest BCUT2D eigenvalue weighted by molar-refractivity contribution is -0.130. The number of carbonyl (C=O) groups is 1. The second-order valence-electron chi connectivity index (χ2n) is 5.67. The third-order valence-electron chi connectivity index (χ3n) is 4.05. The van der Waals surface area contributed by atoms with Crippen LogP contribution in [-0.2, 0) is 21.1 Å². The minimum Gasteiger partial charge on any atom is -0.343 e. The molecule has 128 valence electrons. The highest BCUT2D eigenvalue weighted by molar-refractivity contribution is 7.91. The Morgan fingerprint density at radius 1 is 0.958 bits per heavy atom. The number of carbonyl (C=O) groups excluding carboxylic acids is 1. The maximum Gasteiger partial charge on any atom is 0.227 e. The maximum absolute atomic E-state index is 12.9. The number of hydrogen-bond acceptors (Lipinski definition) is 3. The summed E-state index contributed by atoms with van der Waals surface area (Å²) in [6, 6.07) is 13.5. The molecule has 5 heteroatoms. The van der Waals surface area contributed by atoms with E-state index in [4.69, 9.17) is 0 Å². The van der Waals surface area contributed by atoms with Crippen molar-refractivity contribution >= 4 is 15.7 Å². The van der Waals surface area contributed by atoms with Crippen LogP contribution in [0.5, 0.6) is 0 Å². The highest BCUT2D eigenvalue weighted by Crippen LogP contribution is 2.25. The van der Waals surface area contributed by atoms with E-state index in [1.165, 1.54) is 0 Å². The fourth-order valence-electron chi connectivity index (χ4n) is 2.61. The molecule has 0 aliphatic rings. The van der Waals surface area contributed by atoms with Crippen LogP contribution in [0.15, 0.2) is 58.3 Å². The molecule has 0 aliphatic carbocycles. The lowest BCUT2D eigenvalue weighted by Crippen LogP contribution is -2.32. The molecule has 0 N–H and O–H groups in total. The highest BCUT2D eigenvalue weighted by Gasteiger charge is 2.22. The number of likely N-dealkylation sites (N-methyl/N-ethyl adjacent to an activating group) is 1. The van der Waals surface area contributed by atoms with E-state index in [0.29, 0.717) is 18.7 Å². The largest absolute Gasteiger partial charge is 0.343 e. The predicted molar refractivity (Wildman–Crippen MR) is 94.7 cm³/mol. The summed E-state index contributed by atoms with van der Waals surface area (Å²) >= 11 is 0. The second kappa shape index (κ2) is 7.62. The van der Waals surface area contributed by atoms with E-state index in [0.717, 1.165) is 5.56 Å². The molecule has 2 aromatic rings. The normalized spacial score (nSPS) is 11.3. The molecular weight excluding hydrogens is 322 g/mol. The Kier molecular flexibility index (Phi) is 5.78. The molecule has 2 rings (SSSR count). The summed E-state index contributed by atoms with van der Waals surface area (Å²) in [6.45, 7) is 6.96. The molecule has 0 unspecified atom stereocenters. The second-order valence-corrected chi connectivity index (χ2v) is 7.59. The van der Waals surface area contributed by atoms with E-state index in [1.54, 1.807) is 53.4 Å². The first-order valence-corrected chi connectivity index (χ1v) is 9.55. The molecule has 0 saturated heterocycles. The molecule has 0 radical (unpaired) electrons. The first-order valence-electron chi connectivity index (χ1n) is 8.07. The van der Waals surface area contributed by atoms with Crippen molar-refractivity contribution in [3.63, 3.8) is 0 Å². The lowest BCUT2D eigenvalue weighted by Gasteiger charge is -2.19. The summed E-state index contributed by atoms with van der Waals surface area (Å²) in [5, 5.41) is 0. The Bertz CT molecular complexity index is 807. The van der Waals surface area contributed by atoms with Gasteiger partial charge in [0.2, 0.25) is 15.7 Å². The van der Waals surface area contributed by atoms with Crippen LogP contribution < -0.4 is 0 Å². The van der Waals surface area contributed by atoms with Gasteiger partial charge in [0.1, 0.15) is 0 Å². The Balaban J connectivity index is 2.41. The Labute approximate surface area is 144 Å². The third-order valence-corrected chi connectivity index (χ3v) is 5.92. The molecule has 0 aliphatic heterocycles. The van der Waals surface area contributed by atoms with Crippen LogP contribution in [0.3, 0.4) is 0 Å². The van der Waals surface area contributed by atoms with Gasteiger partial charge in [-0.05, 0) is 44.5 Å². The minimum absolute atomic E-state index is 0.0634. The summed E-state index contributed by atoms with van der Waals surface area (Å²) in [5.74, 6) is -0.0634. The Morgan fingerprint density at radius 3 is 2.12 bits per heavy atom. The van der Waals surface area contributed by atoms with E-state index in [-0.39, 0.29) is 22.1 Å². The molecule has 0 spiro atoms. The average Bonchev–Trinajstić information content (AvgIpc) is 2.56. The van der Waals surface area contributed by atoms with Crippen LogP contribution in [0, 0.1) is 6.92 Å². The SMILES string of the molecule is CCN(CC)C(=O)Cc1ccccc1S(=O)(=O)c1ccc(C)cc1. The molecule has 0 saturated carbocycles. The van der Waals surface area contributed by atoms with Crippen molar-refractivity contribution in [2.24, 2.45) is 0 Å². The van der Waals surface area contributed by atoms with Crippen LogP contribution >= 0.6 is 0 Å². The van der Waals surface area contributed by atoms with E-state index < -0.39 is 9.84 Å². The molecule has 2 aromatic carbocycles. The van der Waals surface area contributed by atoms with Gasteiger partial charge in [0.15, 0.2) is 0 Å². The predicted octanol–water partition coefficient (Wildman–Crippen LogP) is 3.24. The molecule has 24 heavy (non-hydrogen) atoms. The van der Waals surface area contributed by atoms with Gasteiger partial charge in [-0.25, -0.2) is 8.42 Å². The molecule has 4 nitrogen and oxygen atoms in total. The number of hydrogen-bond donors (Lipinski definition) is 0. The Morgan fingerprint density at radius 2 is 1.54 bits per heavy atom. The lowest BCUT2D eigenvalue weighted by atomic mass is 10.1. The number of aryl methyl sites for hydroxylation is 1. The van der Waals surface area contributed by atoms with E-state index in [2.05, 4.69) is 0 Å². The minimum atomic E-state index is -3.64. The van der Waals surface area contributed by atoms with Gasteiger partial charge in [0.25, 0.3) is 0 Å². The topological polar surface area (TPSA) is 54.5 Å². The van der Waals surface area contributed by atoms with Crippen molar-refractivity contribution in [1.82, 2.24) is 4.90 Å². The van der Waals surface area contributed by atoms with Gasteiger partial charge < -0.3 is 4.90 Å². The van der Waals surface area contributed by atoms with Gasteiger partial charge in [-0.1, -0.05) is 35.9 Å². The van der Waals surface area contributed by atoms with Crippen molar-refractivity contribution < 1.29 is 13.2 Å². The van der Waals surface area contributed by atoms with Crippen LogP contribution in [-0.4, -0.2) is 32.3 Å². The number of nitrogens with zero attached hydrogens (tertiary/aromatic N) is 1. The molecular formula is C19H23NO3S. The monoisotopic (exact) mass is 345 g/mol. The number of amides is 1. The van der Waals surface area contributed by atoms with Crippen LogP contribution in [0.2, 0.25) is 0 Å². The van der Waals surface area contributed by atoms with E-state index in [1.807, 2.05) is 20.8 Å². The van der Waals surface area contributed by atoms with Crippen LogP contribution in [0.1, 0.15) is 25.0 Å². The summed E-state index contributed by atoms with van der Waals surface area (Å²) < 4.78 is 25.9. The molecule has 0 fully saturated rings. The first-order chi connectivity index (χ1) is 11.4. The van der Waals surface area contributed by atoms with Crippen molar-refractivity contribution in [2.75, 3.05) is 13.1 Å². The molecule has 0 bridgehead atoms. The zero-order valence-corrected chi connectivity index (χ0v) is 15.1. The zero-order valence-electron chi connectivity index (χ0n) is 14.3. The Hall–Kier alpha value is -2.14. The average molecular weight is 345 g/mol. The van der Waals surface area contributed by atoms with Gasteiger partial charge in [-0.15, -0.1) is 0 Å². The molecule has 0 aromatic heterocycles. The number of sulfone groups is 1. The van der Waals surface area contributed by atoms with Crippen molar-refractivity contribution in [2.45, 2.75) is 37.0 Å². The van der Waals surface area contributed by atoms with Gasteiger partial charge in [-0.3, -0.25) is 4.79 Å². The van der Waals surface area contributed by atoms with Gasteiger partial charge >= 0.3 is 0 Å². The highest BCUT2D eigenvalue weighted by atomic mass is 32.2. The quantitative estimate of drug-likeness (QED) is 0.807. The summed E-state index contributed by atoms with van der Waals surface area (Å²) in [7, 11) is -3.64. The number of benzene rings is 2. The van der Waals surface area contributed by atoms with Crippen molar-refractivity contribution in [3.05, 3.63) is 59.7 Å². The summed E-state index contributed by atoms with van der Waals surface area (Å²) in [5.41, 5.74) is 1.54. The van der Waals surface area contributed by atoms with Crippen molar-refractivity contribution in [1.29, 1.82) is 0 Å². The fourth-order valence-corrected chi connectivity index (χ4v) is 4.10. The number of rotatable bonds is 6. The van der Waals surface area contributed by atoms with E-state index >= 15 is 0 Å². The standard InChI is InChI=1S/C19H23NO3S/c1-4-20(5-2)19(21)14-16-8-6-7-9-18(16)24(22,23)17-12-10-15(3)11-13-17/h6-13H,4-5,14H2,1-3H3. The molecule has 1 amide bonds. The van der Waals surface area contributed by atoms with Crippen molar-refractivity contribution in [3.8, 4) is 0 Å². The summed E-state index contributed by atoms with van der Waals surface area (Å²) in [6.07, 6.45) is 0.0863. The van der Waals surface area contributed by atoms with Crippen LogP contribution in [0.25, 0.3) is 0 Å². The zero-order chi connectivity index (χ0) is 17.7. The van der Waals surface area contributed by atoms with Crippen LogP contribution in [0.4, 0.5) is 0 Å². The molecule has 0 atom stereocenters. The third kappa shape index (κ3) is 3.85. The maximum atomic E-state index is 12.9. The van der Waals surface area contributed by atoms with E-state index in [9.17, 15) is 13.2 Å². The fraction of sp³-hybridized carbons (Fsp3) is 0.316. The van der Waals surface area contributed by atoms with Gasteiger partial charge in [0.05, 0.1) is 16.2 Å². The summed E-state index contributed by atoms with van der Waals surface area (Å²) in [4.78, 5) is 14.5. The smallest absolute Gasteiger partial charge is 0.227 e. The van der Waals surface area contributed by atoms with Gasteiger partial charge in [0, 0.05) is 13.1 Å².